The lowest BCUT2D eigenvalue weighted by Crippen LogP contribution is -2.15. The molecule has 0 saturated heterocycles. The summed E-state index contributed by atoms with van der Waals surface area (Å²) in [6.07, 6.45) is 4.41. The molecule has 29 heavy (non-hydrogen) atoms. The minimum Gasteiger partial charge on any atom is -0.346 e. The van der Waals surface area contributed by atoms with Gasteiger partial charge in [-0.15, -0.1) is 0 Å². The summed E-state index contributed by atoms with van der Waals surface area (Å²) in [4.78, 5) is 19.8. The monoisotopic (exact) mass is 412 g/mol. The van der Waals surface area contributed by atoms with E-state index in [1.54, 1.807) is 13.0 Å². The zero-order chi connectivity index (χ0) is 20.6. The van der Waals surface area contributed by atoms with Gasteiger partial charge in [-0.05, 0) is 67.1 Å². The number of amides is 1. The van der Waals surface area contributed by atoms with Gasteiger partial charge in [-0.3, -0.25) is 9.52 Å². The molecule has 3 N–H and O–H groups in total. The summed E-state index contributed by atoms with van der Waals surface area (Å²) in [5.74, 6) is 0.643. The first-order chi connectivity index (χ1) is 13.9. The number of nitrogens with one attached hydrogen (secondary N) is 3. The molecule has 1 saturated carbocycles. The predicted molar refractivity (Wildman–Crippen MR) is 115 cm³/mol. The van der Waals surface area contributed by atoms with Crippen LogP contribution in [0.5, 0.6) is 0 Å². The van der Waals surface area contributed by atoms with Crippen molar-refractivity contribution in [1.82, 2.24) is 9.97 Å². The van der Waals surface area contributed by atoms with Crippen LogP contribution in [0, 0.1) is 5.92 Å². The third kappa shape index (κ3) is 4.12. The van der Waals surface area contributed by atoms with E-state index in [0.29, 0.717) is 17.2 Å². The number of anilines is 2. The fraction of sp³-hybridized carbons (Fsp3) is 0.333. The van der Waals surface area contributed by atoms with E-state index < -0.39 is 10.0 Å². The molecule has 0 atom stereocenters. The summed E-state index contributed by atoms with van der Waals surface area (Å²) < 4.78 is 26.4. The van der Waals surface area contributed by atoms with E-state index in [4.69, 9.17) is 0 Å². The molecule has 152 valence electrons. The second-order valence-electron chi connectivity index (χ2n) is 7.29. The van der Waals surface area contributed by atoms with Crippen LogP contribution in [0.2, 0.25) is 0 Å². The summed E-state index contributed by atoms with van der Waals surface area (Å²) in [5, 5.41) is 3.87. The van der Waals surface area contributed by atoms with E-state index in [9.17, 15) is 13.2 Å². The van der Waals surface area contributed by atoms with Gasteiger partial charge in [0, 0.05) is 23.2 Å². The average Bonchev–Trinajstić information content (AvgIpc) is 3.45. The number of H-pyrrole nitrogens is 1. The van der Waals surface area contributed by atoms with E-state index in [2.05, 4.69) is 20.0 Å². The predicted octanol–water partition coefficient (Wildman–Crippen LogP) is 3.90. The minimum atomic E-state index is -3.34. The number of carbonyl (C=O) groups is 1. The Morgan fingerprint density at radius 2 is 1.97 bits per heavy atom. The van der Waals surface area contributed by atoms with Crippen molar-refractivity contribution in [3.8, 4) is 11.1 Å². The number of aryl methyl sites for hydroxylation is 1. The Bertz CT molecular complexity index is 1180. The van der Waals surface area contributed by atoms with Gasteiger partial charge >= 0.3 is 0 Å². The van der Waals surface area contributed by atoms with Crippen LogP contribution in [0.1, 0.15) is 32.3 Å². The van der Waals surface area contributed by atoms with Gasteiger partial charge in [-0.25, -0.2) is 13.4 Å². The van der Waals surface area contributed by atoms with Crippen molar-refractivity contribution in [2.24, 2.45) is 5.92 Å². The molecular formula is C21H24N4O3S. The van der Waals surface area contributed by atoms with E-state index in [0.717, 1.165) is 41.3 Å². The van der Waals surface area contributed by atoms with Crippen molar-refractivity contribution >= 4 is 38.5 Å². The van der Waals surface area contributed by atoms with Crippen molar-refractivity contribution in [3.05, 3.63) is 42.1 Å². The lowest BCUT2D eigenvalue weighted by molar-refractivity contribution is -0.117. The molecule has 4 rings (SSSR count). The number of aromatic nitrogens is 2. The zero-order valence-electron chi connectivity index (χ0n) is 16.5. The highest BCUT2D eigenvalue weighted by molar-refractivity contribution is 7.92. The number of sulfonamides is 1. The number of hydrogen-bond donors (Lipinski definition) is 3. The SMILES string of the molecule is CCc1cc(NS(=O)(=O)CC)ccc1-c1cc(NC(=O)C2CC2)nc2[nH]ccc12. The van der Waals surface area contributed by atoms with Gasteiger partial charge in [0.1, 0.15) is 11.5 Å². The van der Waals surface area contributed by atoms with Gasteiger partial charge in [-0.2, -0.15) is 0 Å². The smallest absolute Gasteiger partial charge is 0.232 e. The molecule has 2 heterocycles. The Balaban J connectivity index is 1.76. The van der Waals surface area contributed by atoms with Gasteiger partial charge < -0.3 is 10.3 Å². The average molecular weight is 413 g/mol. The molecule has 0 unspecified atom stereocenters. The fourth-order valence-electron chi connectivity index (χ4n) is 3.36. The number of pyridine rings is 1. The van der Waals surface area contributed by atoms with Crippen LogP contribution < -0.4 is 10.0 Å². The number of carbonyl (C=O) groups excluding carboxylic acids is 1. The Morgan fingerprint density at radius 3 is 2.66 bits per heavy atom. The normalized spacial score (nSPS) is 14.1. The highest BCUT2D eigenvalue weighted by Crippen LogP contribution is 2.35. The molecule has 2 aromatic heterocycles. The maximum atomic E-state index is 12.2. The number of hydrogen-bond acceptors (Lipinski definition) is 4. The maximum absolute atomic E-state index is 12.2. The number of rotatable bonds is 7. The standard InChI is InChI=1S/C21H24N4O3S/c1-3-13-11-15(25-29(27,28)4-2)7-8-16(13)18-12-19(24-21(26)14-5-6-14)23-20-17(18)9-10-22-20/h7-12,14,25H,3-6H2,1-2H3,(H2,22,23,24,26). The minimum absolute atomic E-state index is 0.00870. The molecule has 1 amide bonds. The molecule has 7 nitrogen and oxygen atoms in total. The van der Waals surface area contributed by atoms with Crippen molar-refractivity contribution in [1.29, 1.82) is 0 Å². The first kappa shape index (κ1) is 19.4. The summed E-state index contributed by atoms with van der Waals surface area (Å²) in [6.45, 7) is 3.64. The highest BCUT2D eigenvalue weighted by Gasteiger charge is 2.30. The van der Waals surface area contributed by atoms with E-state index in [1.165, 1.54) is 0 Å². The van der Waals surface area contributed by atoms with Crippen LogP contribution >= 0.6 is 0 Å². The molecule has 8 heteroatoms. The molecule has 0 bridgehead atoms. The second-order valence-corrected chi connectivity index (χ2v) is 9.30. The molecule has 0 spiro atoms. The van der Waals surface area contributed by atoms with Crippen LogP contribution in [-0.2, 0) is 21.2 Å². The quantitative estimate of drug-likeness (QED) is 0.547. The molecule has 0 radical (unpaired) electrons. The zero-order valence-corrected chi connectivity index (χ0v) is 17.3. The molecule has 1 aromatic carbocycles. The number of fused-ring (bicyclic) bond motifs is 1. The lowest BCUT2D eigenvalue weighted by Gasteiger charge is -2.14. The van der Waals surface area contributed by atoms with Crippen molar-refractivity contribution < 1.29 is 13.2 Å². The first-order valence-corrected chi connectivity index (χ1v) is 11.5. The molecule has 0 aliphatic heterocycles. The molecule has 1 aliphatic rings. The third-order valence-corrected chi connectivity index (χ3v) is 6.46. The third-order valence-electron chi connectivity index (χ3n) is 5.16. The topological polar surface area (TPSA) is 104 Å². The lowest BCUT2D eigenvalue weighted by atomic mass is 9.96. The van der Waals surface area contributed by atoms with Gasteiger partial charge in [-0.1, -0.05) is 13.0 Å². The van der Waals surface area contributed by atoms with Crippen LogP contribution in [-0.4, -0.2) is 30.0 Å². The molecule has 1 aliphatic carbocycles. The first-order valence-electron chi connectivity index (χ1n) is 9.83. The largest absolute Gasteiger partial charge is 0.346 e. The van der Waals surface area contributed by atoms with Gasteiger partial charge in [0.25, 0.3) is 0 Å². The molecule has 3 aromatic rings. The molecular weight excluding hydrogens is 388 g/mol. The van der Waals surface area contributed by atoms with Crippen LogP contribution in [0.15, 0.2) is 36.5 Å². The Hall–Kier alpha value is -2.87. The van der Waals surface area contributed by atoms with Crippen LogP contribution in [0.25, 0.3) is 22.2 Å². The Morgan fingerprint density at radius 1 is 1.17 bits per heavy atom. The number of aromatic amines is 1. The van der Waals surface area contributed by atoms with Crippen LogP contribution in [0.4, 0.5) is 11.5 Å². The van der Waals surface area contributed by atoms with Crippen LogP contribution in [0.3, 0.4) is 0 Å². The Kier molecular flexibility index (Phi) is 5.04. The van der Waals surface area contributed by atoms with Gasteiger partial charge in [0.2, 0.25) is 15.9 Å². The number of benzene rings is 1. The van der Waals surface area contributed by atoms with E-state index in [1.807, 2.05) is 37.4 Å². The highest BCUT2D eigenvalue weighted by atomic mass is 32.2. The van der Waals surface area contributed by atoms with Gasteiger partial charge in [0.15, 0.2) is 0 Å². The summed E-state index contributed by atoms with van der Waals surface area (Å²) >= 11 is 0. The van der Waals surface area contributed by atoms with Crippen molar-refractivity contribution in [2.45, 2.75) is 33.1 Å². The molecule has 1 fully saturated rings. The van der Waals surface area contributed by atoms with Crippen molar-refractivity contribution in [3.63, 3.8) is 0 Å². The summed E-state index contributed by atoms with van der Waals surface area (Å²) in [5.41, 5.74) is 4.19. The van der Waals surface area contributed by atoms with Gasteiger partial charge in [0.05, 0.1) is 5.75 Å². The second kappa shape index (κ2) is 7.51. The van der Waals surface area contributed by atoms with E-state index >= 15 is 0 Å². The number of nitrogens with zero attached hydrogens (tertiary/aromatic N) is 1. The maximum Gasteiger partial charge on any atom is 0.232 e. The summed E-state index contributed by atoms with van der Waals surface area (Å²) in [6, 6.07) is 9.39. The van der Waals surface area contributed by atoms with E-state index in [-0.39, 0.29) is 17.6 Å². The summed E-state index contributed by atoms with van der Waals surface area (Å²) in [7, 11) is -3.34. The van der Waals surface area contributed by atoms with Crippen molar-refractivity contribution in [2.75, 3.05) is 15.8 Å². The Labute approximate surface area is 170 Å². The fourth-order valence-corrected chi connectivity index (χ4v) is 3.99.